The molecule has 0 aromatic heterocycles. The smallest absolute Gasteiger partial charge is 0.0201 e. The zero-order valence-corrected chi connectivity index (χ0v) is 8.81. The Morgan fingerprint density at radius 1 is 1.60 bits per heavy atom. The maximum absolute atomic E-state index is 3.38. The van der Waals surface area contributed by atoms with Crippen molar-refractivity contribution >= 4 is 22.9 Å². The highest BCUT2D eigenvalue weighted by molar-refractivity contribution is 14.1. The van der Waals surface area contributed by atoms with Gasteiger partial charge in [-0.15, -0.1) is 0 Å². The van der Waals surface area contributed by atoms with Gasteiger partial charge in [0.25, 0.3) is 0 Å². The molecule has 0 aromatic rings. The number of rotatable bonds is 3. The van der Waals surface area contributed by atoms with Crippen LogP contribution in [0.2, 0.25) is 0 Å². The highest BCUT2D eigenvalue weighted by Crippen LogP contribution is 2.31. The summed E-state index contributed by atoms with van der Waals surface area (Å²) in [5.41, 5.74) is 0.553. The van der Waals surface area contributed by atoms with E-state index in [2.05, 4.69) is 45.1 Å². The lowest BCUT2D eigenvalue weighted by Gasteiger charge is -2.44. The summed E-state index contributed by atoms with van der Waals surface area (Å²) < 4.78 is 2.33. The molecule has 1 saturated heterocycles. The van der Waals surface area contributed by atoms with Crippen LogP contribution in [0.25, 0.3) is 0 Å². The molecular formula is C7H15IN2. The molecule has 1 heterocycles. The zero-order chi connectivity index (χ0) is 7.61. The Balaban J connectivity index is 2.15. The predicted molar refractivity (Wildman–Crippen MR) is 52.2 cm³/mol. The summed E-state index contributed by atoms with van der Waals surface area (Å²) in [5.74, 6) is 0. The lowest BCUT2D eigenvalue weighted by Crippen LogP contribution is -2.54. The zero-order valence-electron chi connectivity index (χ0n) is 6.65. The molecule has 0 spiro atoms. The molecule has 3 heteroatoms. The molecule has 0 unspecified atom stereocenters. The van der Waals surface area contributed by atoms with Gasteiger partial charge in [-0.25, -0.2) is 3.11 Å². The van der Waals surface area contributed by atoms with Gasteiger partial charge in [-0.05, 0) is 6.54 Å². The third kappa shape index (κ3) is 2.07. The quantitative estimate of drug-likeness (QED) is 0.602. The van der Waals surface area contributed by atoms with Crippen LogP contribution in [0.15, 0.2) is 0 Å². The van der Waals surface area contributed by atoms with Gasteiger partial charge < -0.3 is 5.32 Å². The van der Waals surface area contributed by atoms with Gasteiger partial charge in [-0.3, -0.25) is 0 Å². The number of nitrogens with one attached hydrogen (secondary N) is 1. The van der Waals surface area contributed by atoms with E-state index >= 15 is 0 Å². The molecule has 0 radical (unpaired) electrons. The molecule has 1 N–H and O–H groups in total. The maximum atomic E-state index is 3.38. The highest BCUT2D eigenvalue weighted by Gasteiger charge is 2.36. The van der Waals surface area contributed by atoms with E-state index in [-0.39, 0.29) is 0 Å². The van der Waals surface area contributed by atoms with E-state index in [0.29, 0.717) is 5.41 Å². The van der Waals surface area contributed by atoms with E-state index in [1.165, 1.54) is 19.6 Å². The van der Waals surface area contributed by atoms with E-state index in [0.717, 1.165) is 6.54 Å². The molecule has 0 atom stereocenters. The average molecular weight is 254 g/mol. The monoisotopic (exact) mass is 254 g/mol. The van der Waals surface area contributed by atoms with Crippen molar-refractivity contribution in [2.24, 2.45) is 5.41 Å². The summed E-state index contributed by atoms with van der Waals surface area (Å²) in [4.78, 5) is 0. The average Bonchev–Trinajstić information content (AvgIpc) is 1.81. The van der Waals surface area contributed by atoms with Crippen LogP contribution in [-0.2, 0) is 0 Å². The standard InChI is InChI=1S/C7H15IN2/c1-3-9-4-7(2)5-10(8)6-7/h9H,3-6H2,1-2H3. The highest BCUT2D eigenvalue weighted by atomic mass is 127. The van der Waals surface area contributed by atoms with E-state index in [1.54, 1.807) is 0 Å². The van der Waals surface area contributed by atoms with Crippen molar-refractivity contribution in [3.63, 3.8) is 0 Å². The van der Waals surface area contributed by atoms with Crippen LogP contribution in [0.4, 0.5) is 0 Å². The van der Waals surface area contributed by atoms with Gasteiger partial charge in [0.2, 0.25) is 0 Å². The second-order valence-electron chi connectivity index (χ2n) is 3.37. The minimum atomic E-state index is 0.553. The lowest BCUT2D eigenvalue weighted by molar-refractivity contribution is 0.117. The van der Waals surface area contributed by atoms with E-state index in [1.807, 2.05) is 0 Å². The van der Waals surface area contributed by atoms with Crippen LogP contribution in [0, 0.1) is 5.41 Å². The van der Waals surface area contributed by atoms with Gasteiger partial charge in [0.1, 0.15) is 0 Å². The van der Waals surface area contributed by atoms with Crippen LogP contribution in [0.3, 0.4) is 0 Å². The normalized spacial score (nSPS) is 24.3. The molecular weight excluding hydrogens is 239 g/mol. The first-order valence-electron chi connectivity index (χ1n) is 3.78. The second-order valence-corrected chi connectivity index (χ2v) is 4.73. The fraction of sp³-hybridized carbons (Fsp3) is 1.00. The Labute approximate surface area is 76.9 Å². The van der Waals surface area contributed by atoms with Crippen molar-refractivity contribution < 1.29 is 0 Å². The van der Waals surface area contributed by atoms with Crippen LogP contribution in [0.5, 0.6) is 0 Å². The Kier molecular flexibility index (Phi) is 2.94. The molecule has 10 heavy (non-hydrogen) atoms. The maximum Gasteiger partial charge on any atom is 0.0201 e. The Morgan fingerprint density at radius 2 is 2.20 bits per heavy atom. The molecule has 2 nitrogen and oxygen atoms in total. The van der Waals surface area contributed by atoms with Crippen molar-refractivity contribution in [3.05, 3.63) is 0 Å². The summed E-state index contributed by atoms with van der Waals surface area (Å²) in [5, 5.41) is 3.38. The van der Waals surface area contributed by atoms with Crippen molar-refractivity contribution in [1.29, 1.82) is 0 Å². The number of nitrogens with zero attached hydrogens (tertiary/aromatic N) is 1. The van der Waals surface area contributed by atoms with Crippen LogP contribution < -0.4 is 5.32 Å². The van der Waals surface area contributed by atoms with Crippen molar-refractivity contribution in [1.82, 2.24) is 8.43 Å². The lowest BCUT2D eigenvalue weighted by atomic mass is 9.84. The summed E-state index contributed by atoms with van der Waals surface area (Å²) in [6.07, 6.45) is 0. The molecule has 0 bridgehead atoms. The summed E-state index contributed by atoms with van der Waals surface area (Å²) in [7, 11) is 0. The molecule has 1 aliphatic heterocycles. The molecule has 0 aliphatic carbocycles. The fourth-order valence-electron chi connectivity index (χ4n) is 1.32. The fourth-order valence-corrected chi connectivity index (χ4v) is 2.97. The Bertz CT molecular complexity index is 110. The van der Waals surface area contributed by atoms with Gasteiger partial charge in [0.05, 0.1) is 0 Å². The minimum absolute atomic E-state index is 0.553. The Morgan fingerprint density at radius 3 is 2.60 bits per heavy atom. The van der Waals surface area contributed by atoms with Crippen molar-refractivity contribution in [2.45, 2.75) is 13.8 Å². The minimum Gasteiger partial charge on any atom is -0.316 e. The topological polar surface area (TPSA) is 15.3 Å². The molecule has 1 rings (SSSR count). The molecule has 0 amide bonds. The second kappa shape index (κ2) is 3.36. The SMILES string of the molecule is CCNCC1(C)CN(I)C1. The van der Waals surface area contributed by atoms with Crippen LogP contribution in [0.1, 0.15) is 13.8 Å². The summed E-state index contributed by atoms with van der Waals surface area (Å²) in [6.45, 7) is 9.23. The molecule has 0 saturated carbocycles. The van der Waals surface area contributed by atoms with E-state index in [4.69, 9.17) is 0 Å². The Hall–Kier alpha value is 0.650. The number of hydrogen-bond donors (Lipinski definition) is 1. The van der Waals surface area contributed by atoms with Crippen LogP contribution in [-0.4, -0.2) is 29.3 Å². The largest absolute Gasteiger partial charge is 0.316 e. The first-order valence-corrected chi connectivity index (χ1v) is 4.74. The predicted octanol–water partition coefficient (Wildman–Crippen LogP) is 1.27. The number of halogens is 1. The van der Waals surface area contributed by atoms with Gasteiger partial charge in [-0.2, -0.15) is 0 Å². The van der Waals surface area contributed by atoms with Crippen molar-refractivity contribution in [3.8, 4) is 0 Å². The van der Waals surface area contributed by atoms with Crippen LogP contribution >= 0.6 is 22.9 Å². The van der Waals surface area contributed by atoms with Gasteiger partial charge >= 0.3 is 0 Å². The molecule has 1 aliphatic rings. The first-order chi connectivity index (χ1) is 4.66. The van der Waals surface area contributed by atoms with Gasteiger partial charge in [-0.1, -0.05) is 13.8 Å². The van der Waals surface area contributed by atoms with E-state index in [9.17, 15) is 0 Å². The number of hydrogen-bond acceptors (Lipinski definition) is 2. The molecule has 60 valence electrons. The first kappa shape index (κ1) is 8.74. The van der Waals surface area contributed by atoms with Gasteiger partial charge in [0, 0.05) is 47.9 Å². The van der Waals surface area contributed by atoms with Gasteiger partial charge in [0.15, 0.2) is 0 Å². The molecule has 1 fully saturated rings. The third-order valence-electron chi connectivity index (χ3n) is 1.91. The van der Waals surface area contributed by atoms with E-state index < -0.39 is 0 Å². The summed E-state index contributed by atoms with van der Waals surface area (Å²) in [6, 6.07) is 0. The summed E-state index contributed by atoms with van der Waals surface area (Å²) >= 11 is 2.38. The van der Waals surface area contributed by atoms with Crippen molar-refractivity contribution in [2.75, 3.05) is 26.2 Å². The third-order valence-corrected chi connectivity index (χ3v) is 2.59. The molecule has 0 aromatic carbocycles.